The van der Waals surface area contributed by atoms with Crippen LogP contribution in [0.5, 0.6) is 0 Å². The van der Waals surface area contributed by atoms with E-state index in [2.05, 4.69) is 47.1 Å². The van der Waals surface area contributed by atoms with Gasteiger partial charge in [-0.1, -0.05) is 35.0 Å². The Morgan fingerprint density at radius 3 is 2.44 bits per heavy atom. The second-order valence-electron chi connectivity index (χ2n) is 4.88. The summed E-state index contributed by atoms with van der Waals surface area (Å²) in [6, 6.07) is 8.49. The molecule has 88 valence electrons. The average Bonchev–Trinajstić information content (AvgIpc) is 2.24. The van der Waals surface area contributed by atoms with Crippen molar-refractivity contribution < 1.29 is 4.74 Å². The molecular formula is C13H18BrNO. The molecule has 1 aliphatic rings. The standard InChI is InChI=1S/C13H18BrNO/c1-13(9-15,6-10-7-16-8-10)11-2-4-12(14)5-3-11/h2-5,10H,6-9,15H2,1H3. The molecule has 1 atom stereocenters. The van der Waals surface area contributed by atoms with Gasteiger partial charge in [0, 0.05) is 22.4 Å². The quantitative estimate of drug-likeness (QED) is 0.922. The van der Waals surface area contributed by atoms with Gasteiger partial charge in [0.15, 0.2) is 0 Å². The van der Waals surface area contributed by atoms with Crippen LogP contribution >= 0.6 is 15.9 Å². The van der Waals surface area contributed by atoms with Crippen LogP contribution in [0, 0.1) is 5.92 Å². The van der Waals surface area contributed by atoms with Crippen LogP contribution in [0.15, 0.2) is 28.7 Å². The van der Waals surface area contributed by atoms with Gasteiger partial charge >= 0.3 is 0 Å². The summed E-state index contributed by atoms with van der Waals surface area (Å²) in [5.41, 5.74) is 7.35. The van der Waals surface area contributed by atoms with Crippen LogP contribution in [-0.4, -0.2) is 19.8 Å². The molecular weight excluding hydrogens is 266 g/mol. The summed E-state index contributed by atoms with van der Waals surface area (Å²) in [5, 5.41) is 0. The molecule has 16 heavy (non-hydrogen) atoms. The molecule has 1 saturated heterocycles. The van der Waals surface area contributed by atoms with E-state index in [1.807, 2.05) is 0 Å². The lowest BCUT2D eigenvalue weighted by Crippen LogP contribution is -2.39. The first-order chi connectivity index (χ1) is 7.64. The topological polar surface area (TPSA) is 35.2 Å². The Balaban J connectivity index is 2.15. The van der Waals surface area contributed by atoms with Gasteiger partial charge in [0.2, 0.25) is 0 Å². The summed E-state index contributed by atoms with van der Waals surface area (Å²) in [6.45, 7) is 4.72. The Hall–Kier alpha value is -0.380. The molecule has 0 spiro atoms. The monoisotopic (exact) mass is 283 g/mol. The van der Waals surface area contributed by atoms with E-state index in [1.54, 1.807) is 0 Å². The van der Waals surface area contributed by atoms with Crippen molar-refractivity contribution in [2.75, 3.05) is 19.8 Å². The maximum absolute atomic E-state index is 5.95. The maximum atomic E-state index is 5.95. The minimum atomic E-state index is 0.0785. The summed E-state index contributed by atoms with van der Waals surface area (Å²) in [5.74, 6) is 0.678. The smallest absolute Gasteiger partial charge is 0.0516 e. The fourth-order valence-electron chi connectivity index (χ4n) is 2.21. The number of benzene rings is 1. The number of rotatable bonds is 4. The van der Waals surface area contributed by atoms with Crippen LogP contribution < -0.4 is 5.73 Å². The van der Waals surface area contributed by atoms with Crippen LogP contribution in [-0.2, 0) is 10.2 Å². The van der Waals surface area contributed by atoms with Crippen LogP contribution in [0.25, 0.3) is 0 Å². The zero-order valence-electron chi connectivity index (χ0n) is 9.58. The van der Waals surface area contributed by atoms with E-state index in [4.69, 9.17) is 10.5 Å². The van der Waals surface area contributed by atoms with Crippen LogP contribution in [0.1, 0.15) is 18.9 Å². The highest BCUT2D eigenvalue weighted by Gasteiger charge is 2.31. The van der Waals surface area contributed by atoms with Gasteiger partial charge in [0.1, 0.15) is 0 Å². The lowest BCUT2D eigenvalue weighted by molar-refractivity contribution is -0.0441. The molecule has 0 saturated carbocycles. The minimum absolute atomic E-state index is 0.0785. The van der Waals surface area contributed by atoms with E-state index in [0.717, 1.165) is 24.1 Å². The molecule has 1 heterocycles. The SMILES string of the molecule is CC(CN)(CC1COC1)c1ccc(Br)cc1. The van der Waals surface area contributed by atoms with Gasteiger partial charge in [-0.2, -0.15) is 0 Å². The van der Waals surface area contributed by atoms with Gasteiger partial charge in [-0.15, -0.1) is 0 Å². The highest BCUT2D eigenvalue weighted by Crippen LogP contribution is 2.33. The van der Waals surface area contributed by atoms with Gasteiger partial charge in [-0.25, -0.2) is 0 Å². The van der Waals surface area contributed by atoms with Crippen molar-refractivity contribution in [2.45, 2.75) is 18.8 Å². The maximum Gasteiger partial charge on any atom is 0.0516 e. The molecule has 1 aliphatic heterocycles. The normalized spacial score (nSPS) is 20.2. The zero-order valence-corrected chi connectivity index (χ0v) is 11.2. The van der Waals surface area contributed by atoms with E-state index in [9.17, 15) is 0 Å². The van der Waals surface area contributed by atoms with Crippen LogP contribution in [0.2, 0.25) is 0 Å². The number of hydrogen-bond acceptors (Lipinski definition) is 2. The van der Waals surface area contributed by atoms with Crippen LogP contribution in [0.4, 0.5) is 0 Å². The summed E-state index contributed by atoms with van der Waals surface area (Å²) in [4.78, 5) is 0. The van der Waals surface area contributed by atoms with E-state index in [0.29, 0.717) is 12.5 Å². The molecule has 0 radical (unpaired) electrons. The molecule has 0 bridgehead atoms. The first-order valence-corrected chi connectivity index (χ1v) is 6.47. The third-order valence-electron chi connectivity index (χ3n) is 3.44. The van der Waals surface area contributed by atoms with E-state index in [-0.39, 0.29) is 5.41 Å². The summed E-state index contributed by atoms with van der Waals surface area (Å²) in [6.07, 6.45) is 1.12. The van der Waals surface area contributed by atoms with Gasteiger partial charge in [0.25, 0.3) is 0 Å². The van der Waals surface area contributed by atoms with Crippen molar-refractivity contribution in [3.63, 3.8) is 0 Å². The van der Waals surface area contributed by atoms with Crippen molar-refractivity contribution in [3.05, 3.63) is 34.3 Å². The predicted molar refractivity (Wildman–Crippen MR) is 69.5 cm³/mol. The van der Waals surface area contributed by atoms with Crippen molar-refractivity contribution in [1.82, 2.24) is 0 Å². The summed E-state index contributed by atoms with van der Waals surface area (Å²) < 4.78 is 6.35. The van der Waals surface area contributed by atoms with Gasteiger partial charge in [0.05, 0.1) is 13.2 Å². The number of hydrogen-bond donors (Lipinski definition) is 1. The summed E-state index contributed by atoms with van der Waals surface area (Å²) >= 11 is 3.46. The molecule has 2 rings (SSSR count). The van der Waals surface area contributed by atoms with Crippen LogP contribution in [0.3, 0.4) is 0 Å². The number of nitrogens with two attached hydrogens (primary N) is 1. The molecule has 1 aromatic rings. The molecule has 2 nitrogen and oxygen atoms in total. The third-order valence-corrected chi connectivity index (χ3v) is 3.97. The molecule has 0 aliphatic carbocycles. The van der Waals surface area contributed by atoms with E-state index < -0.39 is 0 Å². The Morgan fingerprint density at radius 2 is 2.00 bits per heavy atom. The van der Waals surface area contributed by atoms with E-state index in [1.165, 1.54) is 5.56 Å². The molecule has 3 heteroatoms. The van der Waals surface area contributed by atoms with Crippen molar-refractivity contribution in [2.24, 2.45) is 11.7 Å². The Morgan fingerprint density at radius 1 is 1.38 bits per heavy atom. The van der Waals surface area contributed by atoms with Crippen molar-refractivity contribution in [3.8, 4) is 0 Å². The van der Waals surface area contributed by atoms with Crippen molar-refractivity contribution in [1.29, 1.82) is 0 Å². The van der Waals surface area contributed by atoms with Gasteiger partial charge in [-0.05, 0) is 24.1 Å². The first kappa shape index (κ1) is 12.1. The zero-order chi connectivity index (χ0) is 11.6. The molecule has 0 aromatic heterocycles. The second-order valence-corrected chi connectivity index (χ2v) is 5.79. The molecule has 1 aromatic carbocycles. The fourth-order valence-corrected chi connectivity index (χ4v) is 2.48. The van der Waals surface area contributed by atoms with Crippen molar-refractivity contribution >= 4 is 15.9 Å². The van der Waals surface area contributed by atoms with E-state index >= 15 is 0 Å². The summed E-state index contributed by atoms with van der Waals surface area (Å²) in [7, 11) is 0. The molecule has 0 amide bonds. The Labute approximate surface area is 105 Å². The second kappa shape index (κ2) is 4.86. The Bertz CT molecular complexity index is 347. The lowest BCUT2D eigenvalue weighted by atomic mass is 9.75. The first-order valence-electron chi connectivity index (χ1n) is 5.68. The molecule has 1 unspecified atom stereocenters. The highest BCUT2D eigenvalue weighted by molar-refractivity contribution is 9.10. The predicted octanol–water partition coefficient (Wildman–Crippen LogP) is 2.70. The Kier molecular flexibility index (Phi) is 3.67. The largest absolute Gasteiger partial charge is 0.381 e. The third kappa shape index (κ3) is 2.47. The fraction of sp³-hybridized carbons (Fsp3) is 0.538. The lowest BCUT2D eigenvalue weighted by Gasteiger charge is -2.36. The molecule has 1 fully saturated rings. The highest BCUT2D eigenvalue weighted by atomic mass is 79.9. The average molecular weight is 284 g/mol. The molecule has 2 N–H and O–H groups in total. The number of ether oxygens (including phenoxy) is 1. The van der Waals surface area contributed by atoms with Gasteiger partial charge < -0.3 is 10.5 Å². The number of halogens is 1. The van der Waals surface area contributed by atoms with Gasteiger partial charge in [-0.3, -0.25) is 0 Å². The minimum Gasteiger partial charge on any atom is -0.381 e.